The second-order valence-corrected chi connectivity index (χ2v) is 9.65. The van der Waals surface area contributed by atoms with Crippen molar-refractivity contribution in [3.63, 3.8) is 0 Å². The van der Waals surface area contributed by atoms with E-state index in [0.717, 1.165) is 0 Å². The third-order valence-electron chi connectivity index (χ3n) is 5.62. The molecule has 2 saturated carbocycles. The number of hydrogen-bond donors (Lipinski definition) is 0. The first-order valence-corrected chi connectivity index (χ1v) is 13.5. The predicted octanol–water partition coefficient (Wildman–Crippen LogP) is 7.32. The summed E-state index contributed by atoms with van der Waals surface area (Å²) in [5.41, 5.74) is 0. The molecule has 0 aliphatic heterocycles. The van der Waals surface area contributed by atoms with E-state index in [2.05, 4.69) is 69.2 Å². The van der Waals surface area contributed by atoms with Crippen LogP contribution in [0.25, 0.3) is 0 Å². The summed E-state index contributed by atoms with van der Waals surface area (Å²) in [6.45, 7) is 22.0. The van der Waals surface area contributed by atoms with E-state index in [1.54, 1.807) is 0 Å². The van der Waals surface area contributed by atoms with Crippen LogP contribution in [0.2, 0.25) is 0 Å². The summed E-state index contributed by atoms with van der Waals surface area (Å²) in [7, 11) is 9.83. The first kappa shape index (κ1) is 24.3. The van der Waals surface area contributed by atoms with Gasteiger partial charge in [-0.1, -0.05) is 69.2 Å². The van der Waals surface area contributed by atoms with Gasteiger partial charge in [0.1, 0.15) is 0 Å². The molecular weight excluding hydrogens is 404 g/mol. The Labute approximate surface area is 163 Å². The first-order valence-electron chi connectivity index (χ1n) is 7.84. The van der Waals surface area contributed by atoms with Crippen molar-refractivity contribution in [3.8, 4) is 0 Å². The van der Waals surface area contributed by atoms with Crippen molar-refractivity contribution in [3.05, 3.63) is 59.2 Å². The van der Waals surface area contributed by atoms with E-state index >= 15 is 0 Å². The summed E-state index contributed by atoms with van der Waals surface area (Å²) in [5.74, 6) is 14.7. The zero-order valence-corrected chi connectivity index (χ0v) is 19.9. The molecule has 2 fully saturated rings. The van der Waals surface area contributed by atoms with Crippen LogP contribution in [0.4, 0.5) is 0 Å². The van der Waals surface area contributed by atoms with E-state index in [1.807, 2.05) is 0 Å². The quantitative estimate of drug-likeness (QED) is 0.351. The molecule has 0 saturated heterocycles. The van der Waals surface area contributed by atoms with E-state index in [1.165, 1.54) is 59.2 Å². The van der Waals surface area contributed by atoms with Crippen LogP contribution in [0.5, 0.6) is 0 Å². The predicted molar refractivity (Wildman–Crippen MR) is 101 cm³/mol. The number of halogens is 2. The summed E-state index contributed by atoms with van der Waals surface area (Å²) in [4.78, 5) is 0. The van der Waals surface area contributed by atoms with Crippen molar-refractivity contribution in [1.82, 2.24) is 0 Å². The molecule has 2 aliphatic carbocycles. The summed E-state index contributed by atoms with van der Waals surface area (Å²) in [5, 5.41) is 0. The SMILES string of the molecule is C[C]1[C](C)[C](C)[C](C)[C]1C.C[C]1[C](C)[C](C)[C](C)[C]1C.[Cl][Nb][Cl]. The molecule has 0 atom stereocenters. The van der Waals surface area contributed by atoms with Gasteiger partial charge in [0, 0.05) is 0 Å². The average Bonchev–Trinajstić information content (AvgIpc) is 2.80. The van der Waals surface area contributed by atoms with Gasteiger partial charge in [0.25, 0.3) is 0 Å². The third-order valence-corrected chi connectivity index (χ3v) is 5.62. The minimum atomic E-state index is -0.706. The van der Waals surface area contributed by atoms with Gasteiger partial charge in [0.05, 0.1) is 0 Å². The molecule has 0 N–H and O–H groups in total. The van der Waals surface area contributed by atoms with Gasteiger partial charge in [-0.3, -0.25) is 0 Å². The Morgan fingerprint density at radius 3 is 0.435 bits per heavy atom. The van der Waals surface area contributed by atoms with E-state index in [0.29, 0.717) is 0 Å². The number of hydrogen-bond acceptors (Lipinski definition) is 0. The Morgan fingerprint density at radius 2 is 0.391 bits per heavy atom. The summed E-state index contributed by atoms with van der Waals surface area (Å²) in [6.07, 6.45) is 0. The molecule has 0 amide bonds. The fourth-order valence-corrected chi connectivity index (χ4v) is 2.81. The van der Waals surface area contributed by atoms with Crippen molar-refractivity contribution < 1.29 is 17.6 Å². The van der Waals surface area contributed by atoms with E-state index in [-0.39, 0.29) is 0 Å². The van der Waals surface area contributed by atoms with Crippen LogP contribution in [0.3, 0.4) is 0 Å². The molecule has 0 unspecified atom stereocenters. The van der Waals surface area contributed by atoms with Gasteiger partial charge >= 0.3 is 36.0 Å². The molecule has 2 aliphatic rings. The molecule has 0 bridgehead atoms. The van der Waals surface area contributed by atoms with Crippen LogP contribution in [0, 0.1) is 59.2 Å². The van der Waals surface area contributed by atoms with E-state index < -0.39 is 17.6 Å². The van der Waals surface area contributed by atoms with Crippen LogP contribution >= 0.6 is 18.4 Å². The van der Waals surface area contributed by atoms with Gasteiger partial charge in [-0.25, -0.2) is 0 Å². The maximum atomic E-state index is 4.91. The van der Waals surface area contributed by atoms with Crippen LogP contribution in [-0.4, -0.2) is 0 Å². The standard InChI is InChI=1S/2C10H15.2ClH.Nb/c2*1-6-7(2)9(4)10(5)8(6)3;;;/h2*1-5H3;2*1H;/q;;;;+2/p-2. The zero-order chi connectivity index (χ0) is 18.5. The molecule has 0 heterocycles. The molecule has 129 valence electrons. The maximum absolute atomic E-state index is 4.91. The summed E-state index contributed by atoms with van der Waals surface area (Å²) < 4.78 is 0. The normalized spacial score (nSPS) is 25.4. The molecule has 23 heavy (non-hydrogen) atoms. The summed E-state index contributed by atoms with van der Waals surface area (Å²) >= 11 is -0.706. The van der Waals surface area contributed by atoms with Crippen LogP contribution in [-0.2, 0) is 17.6 Å². The first-order chi connectivity index (χ1) is 10.5. The second kappa shape index (κ2) is 11.1. The second-order valence-electron chi connectivity index (χ2n) is 6.31. The fourth-order valence-electron chi connectivity index (χ4n) is 2.81. The molecule has 0 aromatic heterocycles. The van der Waals surface area contributed by atoms with Crippen molar-refractivity contribution in [1.29, 1.82) is 0 Å². The van der Waals surface area contributed by atoms with Gasteiger partial charge in [-0.2, -0.15) is 0 Å². The van der Waals surface area contributed by atoms with Gasteiger partial charge in [-0.15, -0.1) is 0 Å². The van der Waals surface area contributed by atoms with Crippen molar-refractivity contribution in [2.75, 3.05) is 0 Å². The molecule has 0 aromatic carbocycles. The zero-order valence-electron chi connectivity index (χ0n) is 16.2. The molecule has 0 nitrogen and oxygen atoms in total. The molecular formula is C20H30Cl2Nb. The Morgan fingerprint density at radius 1 is 0.348 bits per heavy atom. The minimum absolute atomic E-state index is 0.706. The fraction of sp³-hybridized carbons (Fsp3) is 0.500. The molecule has 0 spiro atoms. The average molecular weight is 434 g/mol. The topological polar surface area (TPSA) is 0 Å². The van der Waals surface area contributed by atoms with Crippen LogP contribution in [0.15, 0.2) is 0 Å². The monoisotopic (exact) mass is 433 g/mol. The Bertz CT molecular complexity index is 203. The Hall–Kier alpha value is 1.32. The van der Waals surface area contributed by atoms with E-state index in [4.69, 9.17) is 18.4 Å². The van der Waals surface area contributed by atoms with Crippen molar-refractivity contribution in [2.45, 2.75) is 69.2 Å². The van der Waals surface area contributed by atoms with Gasteiger partial charge < -0.3 is 0 Å². The molecule has 3 heteroatoms. The van der Waals surface area contributed by atoms with E-state index in [9.17, 15) is 0 Å². The Balaban J connectivity index is 0.000000360. The van der Waals surface area contributed by atoms with Crippen LogP contribution < -0.4 is 0 Å². The van der Waals surface area contributed by atoms with Crippen LogP contribution in [0.1, 0.15) is 69.2 Å². The molecule has 0 aromatic rings. The molecule has 2 rings (SSSR count). The van der Waals surface area contributed by atoms with Crippen molar-refractivity contribution >= 4 is 18.4 Å². The van der Waals surface area contributed by atoms with Crippen molar-refractivity contribution in [2.24, 2.45) is 0 Å². The van der Waals surface area contributed by atoms with Gasteiger partial charge in [0.2, 0.25) is 0 Å². The van der Waals surface area contributed by atoms with Gasteiger partial charge in [0.15, 0.2) is 0 Å². The van der Waals surface area contributed by atoms with Gasteiger partial charge in [-0.05, 0) is 59.2 Å². The third kappa shape index (κ3) is 6.21. The molecule has 10 radical (unpaired) electrons. The number of rotatable bonds is 0. The Kier molecular flexibility index (Phi) is 11.8. The summed E-state index contributed by atoms with van der Waals surface area (Å²) in [6, 6.07) is 0.